The summed E-state index contributed by atoms with van der Waals surface area (Å²) in [5.74, 6) is 1.88. The van der Waals surface area contributed by atoms with Gasteiger partial charge in [-0.05, 0) is 42.5 Å². The number of para-hydroxylation sites is 1. The number of nitrogens with one attached hydrogen (secondary N) is 2. The van der Waals surface area contributed by atoms with Crippen LogP contribution in [0, 0.1) is 0 Å². The smallest absolute Gasteiger partial charge is 0.229 e. The van der Waals surface area contributed by atoms with Crippen molar-refractivity contribution in [3.05, 3.63) is 71.6 Å². The number of fused-ring (bicyclic) bond motifs is 1. The molecule has 0 aliphatic heterocycles. The number of hydrogen-bond acceptors (Lipinski definition) is 6. The molecule has 26 heavy (non-hydrogen) atoms. The summed E-state index contributed by atoms with van der Waals surface area (Å²) in [4.78, 5) is 9.04. The topological polar surface area (TPSA) is 83.2 Å². The molecule has 0 atom stereocenters. The van der Waals surface area contributed by atoms with Crippen LogP contribution in [0.15, 0.2) is 65.3 Å². The first-order chi connectivity index (χ1) is 12.7. The summed E-state index contributed by atoms with van der Waals surface area (Å²) in [7, 11) is 0. The van der Waals surface area contributed by atoms with Gasteiger partial charge in [0.25, 0.3) is 0 Å². The molecule has 0 bridgehead atoms. The van der Waals surface area contributed by atoms with Crippen molar-refractivity contribution in [2.45, 2.75) is 6.54 Å². The quantitative estimate of drug-likeness (QED) is 0.434. The van der Waals surface area contributed by atoms with Gasteiger partial charge >= 0.3 is 0 Å². The molecule has 3 N–H and O–H groups in total. The molecule has 130 valence electrons. The first-order valence-electron chi connectivity index (χ1n) is 7.97. The minimum absolute atomic E-state index is 0.0660. The second kappa shape index (κ2) is 6.93. The zero-order valence-corrected chi connectivity index (χ0v) is 14.4. The molecule has 0 aliphatic rings. The Morgan fingerprint density at radius 3 is 2.77 bits per heavy atom. The van der Waals surface area contributed by atoms with Gasteiger partial charge < -0.3 is 20.2 Å². The van der Waals surface area contributed by atoms with Gasteiger partial charge in [0.05, 0.1) is 24.0 Å². The van der Waals surface area contributed by atoms with Crippen LogP contribution in [0.3, 0.4) is 0 Å². The summed E-state index contributed by atoms with van der Waals surface area (Å²) in [5, 5.41) is 17.7. The second-order valence-electron chi connectivity index (χ2n) is 5.63. The molecule has 2 aromatic carbocycles. The van der Waals surface area contributed by atoms with Crippen LogP contribution in [0.1, 0.15) is 5.76 Å². The molecule has 2 heterocycles. The van der Waals surface area contributed by atoms with Crippen molar-refractivity contribution in [2.75, 3.05) is 10.6 Å². The molecule has 0 aliphatic carbocycles. The van der Waals surface area contributed by atoms with E-state index in [0.29, 0.717) is 29.0 Å². The van der Waals surface area contributed by atoms with Crippen LogP contribution in [-0.4, -0.2) is 15.1 Å². The average Bonchev–Trinajstić information content (AvgIpc) is 3.16. The van der Waals surface area contributed by atoms with Crippen LogP contribution in [-0.2, 0) is 6.54 Å². The Morgan fingerprint density at radius 1 is 1.04 bits per heavy atom. The molecule has 4 aromatic rings. The summed E-state index contributed by atoms with van der Waals surface area (Å²) < 4.78 is 5.35. The number of hydrogen-bond donors (Lipinski definition) is 3. The minimum atomic E-state index is 0.0660. The molecule has 7 heteroatoms. The summed E-state index contributed by atoms with van der Waals surface area (Å²) in [6, 6.07) is 16.2. The molecular formula is C19H15ClN4O2. The van der Waals surface area contributed by atoms with E-state index in [9.17, 15) is 5.11 Å². The molecule has 0 saturated carbocycles. The standard InChI is InChI=1S/C19H15ClN4O2/c20-12-7-8-17(25)16(10-12)23-19-22-15-6-2-1-5-14(15)18(24-19)21-11-13-4-3-9-26-13/h1-10,25H,11H2,(H2,21,22,23,24). The predicted molar refractivity (Wildman–Crippen MR) is 102 cm³/mol. The van der Waals surface area contributed by atoms with E-state index in [1.807, 2.05) is 36.4 Å². The lowest BCUT2D eigenvalue weighted by atomic mass is 10.2. The van der Waals surface area contributed by atoms with Gasteiger partial charge in [0.15, 0.2) is 0 Å². The van der Waals surface area contributed by atoms with Crippen molar-refractivity contribution in [2.24, 2.45) is 0 Å². The predicted octanol–water partition coefficient (Wildman–Crippen LogP) is 4.94. The molecule has 0 unspecified atom stereocenters. The molecule has 0 saturated heterocycles. The number of anilines is 3. The summed E-state index contributed by atoms with van der Waals surface area (Å²) >= 11 is 6.00. The molecule has 0 radical (unpaired) electrons. The van der Waals surface area contributed by atoms with E-state index in [-0.39, 0.29) is 5.75 Å². The summed E-state index contributed by atoms with van der Waals surface area (Å²) in [5.41, 5.74) is 1.21. The Kier molecular flexibility index (Phi) is 4.33. The summed E-state index contributed by atoms with van der Waals surface area (Å²) in [6.45, 7) is 0.496. The van der Waals surface area contributed by atoms with Crippen LogP contribution in [0.2, 0.25) is 5.02 Å². The van der Waals surface area contributed by atoms with Gasteiger partial charge in [-0.3, -0.25) is 0 Å². The Hall–Kier alpha value is -3.25. The Bertz CT molecular complexity index is 1050. The van der Waals surface area contributed by atoms with E-state index in [1.165, 1.54) is 6.07 Å². The van der Waals surface area contributed by atoms with E-state index in [1.54, 1.807) is 18.4 Å². The third-order valence-corrected chi connectivity index (χ3v) is 4.05. The number of benzene rings is 2. The van der Waals surface area contributed by atoms with Gasteiger partial charge in [0.2, 0.25) is 5.95 Å². The molecular weight excluding hydrogens is 352 g/mol. The number of furan rings is 1. The van der Waals surface area contributed by atoms with Crippen LogP contribution < -0.4 is 10.6 Å². The van der Waals surface area contributed by atoms with Gasteiger partial charge in [-0.15, -0.1) is 0 Å². The highest BCUT2D eigenvalue weighted by atomic mass is 35.5. The number of phenolic OH excluding ortho intramolecular Hbond substituents is 1. The van der Waals surface area contributed by atoms with Gasteiger partial charge in [0.1, 0.15) is 17.3 Å². The molecule has 0 spiro atoms. The van der Waals surface area contributed by atoms with Crippen LogP contribution >= 0.6 is 11.6 Å². The van der Waals surface area contributed by atoms with Crippen molar-refractivity contribution in [1.82, 2.24) is 9.97 Å². The van der Waals surface area contributed by atoms with Gasteiger partial charge in [0, 0.05) is 10.4 Å². The average molecular weight is 367 g/mol. The molecule has 2 aromatic heterocycles. The van der Waals surface area contributed by atoms with E-state index in [4.69, 9.17) is 16.0 Å². The highest BCUT2D eigenvalue weighted by Crippen LogP contribution is 2.30. The molecule has 0 amide bonds. The molecule has 6 nitrogen and oxygen atoms in total. The third kappa shape index (κ3) is 3.41. The SMILES string of the molecule is Oc1ccc(Cl)cc1Nc1nc(NCc2ccco2)c2ccccc2n1. The Balaban J connectivity index is 1.69. The van der Waals surface area contributed by atoms with Gasteiger partial charge in [-0.2, -0.15) is 4.98 Å². The zero-order chi connectivity index (χ0) is 17.9. The number of rotatable bonds is 5. The fraction of sp³-hybridized carbons (Fsp3) is 0.0526. The Morgan fingerprint density at radius 2 is 1.92 bits per heavy atom. The van der Waals surface area contributed by atoms with Crippen LogP contribution in [0.4, 0.5) is 17.5 Å². The van der Waals surface area contributed by atoms with Crippen molar-refractivity contribution in [3.63, 3.8) is 0 Å². The minimum Gasteiger partial charge on any atom is -0.506 e. The van der Waals surface area contributed by atoms with Gasteiger partial charge in [-0.1, -0.05) is 23.7 Å². The summed E-state index contributed by atoms with van der Waals surface area (Å²) in [6.07, 6.45) is 1.63. The zero-order valence-electron chi connectivity index (χ0n) is 13.6. The number of halogens is 1. The van der Waals surface area contributed by atoms with E-state index < -0.39 is 0 Å². The first kappa shape index (κ1) is 16.2. The van der Waals surface area contributed by atoms with Crippen molar-refractivity contribution >= 4 is 40.0 Å². The van der Waals surface area contributed by atoms with Crippen molar-refractivity contribution in [1.29, 1.82) is 0 Å². The van der Waals surface area contributed by atoms with Crippen LogP contribution in [0.25, 0.3) is 10.9 Å². The number of aromatic nitrogens is 2. The van der Waals surface area contributed by atoms with Crippen molar-refractivity contribution in [3.8, 4) is 5.75 Å². The maximum absolute atomic E-state index is 10.0. The lowest BCUT2D eigenvalue weighted by molar-refractivity contribution is 0.477. The molecule has 0 fully saturated rings. The maximum Gasteiger partial charge on any atom is 0.229 e. The fourth-order valence-corrected chi connectivity index (χ4v) is 2.75. The number of nitrogens with zero attached hydrogens (tertiary/aromatic N) is 2. The van der Waals surface area contributed by atoms with E-state index in [0.717, 1.165) is 16.7 Å². The fourth-order valence-electron chi connectivity index (χ4n) is 2.58. The number of phenols is 1. The Labute approximate surface area is 154 Å². The van der Waals surface area contributed by atoms with Crippen molar-refractivity contribution < 1.29 is 9.52 Å². The van der Waals surface area contributed by atoms with E-state index in [2.05, 4.69) is 20.6 Å². The largest absolute Gasteiger partial charge is 0.506 e. The lowest BCUT2D eigenvalue weighted by Gasteiger charge is -2.12. The van der Waals surface area contributed by atoms with Crippen LogP contribution in [0.5, 0.6) is 5.75 Å². The lowest BCUT2D eigenvalue weighted by Crippen LogP contribution is -2.05. The van der Waals surface area contributed by atoms with E-state index >= 15 is 0 Å². The monoisotopic (exact) mass is 366 g/mol. The van der Waals surface area contributed by atoms with Gasteiger partial charge in [-0.25, -0.2) is 4.98 Å². The highest BCUT2D eigenvalue weighted by molar-refractivity contribution is 6.31. The second-order valence-corrected chi connectivity index (χ2v) is 6.07. The maximum atomic E-state index is 10.0. The third-order valence-electron chi connectivity index (χ3n) is 3.82. The first-order valence-corrected chi connectivity index (χ1v) is 8.35. The molecule has 4 rings (SSSR count). The number of aromatic hydroxyl groups is 1. The highest BCUT2D eigenvalue weighted by Gasteiger charge is 2.10. The normalized spacial score (nSPS) is 10.8.